The van der Waals surface area contributed by atoms with Crippen LogP contribution in [-0.2, 0) is 29.1 Å². The molecule has 0 bridgehead atoms. The summed E-state index contributed by atoms with van der Waals surface area (Å²) in [4.78, 5) is 25.7. The fraction of sp³-hybridized carbons (Fsp3) is 0.364. The van der Waals surface area contributed by atoms with Gasteiger partial charge in [-0.15, -0.1) is 0 Å². The molecule has 2 aromatic carbocycles. The fourth-order valence-electron chi connectivity index (χ4n) is 3.26. The predicted octanol–water partition coefficient (Wildman–Crippen LogP) is 2.69. The maximum Gasteiger partial charge on any atom is 0.220 e. The lowest BCUT2D eigenvalue weighted by Gasteiger charge is -2.17. The van der Waals surface area contributed by atoms with E-state index in [2.05, 4.69) is 5.32 Å². The van der Waals surface area contributed by atoms with E-state index in [0.717, 1.165) is 28.2 Å². The summed E-state index contributed by atoms with van der Waals surface area (Å²) >= 11 is 0. The molecule has 0 saturated heterocycles. The topological polar surface area (TPSA) is 67.9 Å². The minimum absolute atomic E-state index is 0.0116. The van der Waals surface area contributed by atoms with Crippen molar-refractivity contribution in [3.05, 3.63) is 59.2 Å². The van der Waals surface area contributed by atoms with Crippen molar-refractivity contribution in [1.82, 2.24) is 10.2 Å². The van der Waals surface area contributed by atoms with Gasteiger partial charge in [-0.2, -0.15) is 0 Å². The molecule has 6 nitrogen and oxygen atoms in total. The van der Waals surface area contributed by atoms with E-state index in [-0.39, 0.29) is 11.8 Å². The van der Waals surface area contributed by atoms with Crippen molar-refractivity contribution in [2.75, 3.05) is 20.3 Å². The molecule has 28 heavy (non-hydrogen) atoms. The SMILES string of the molecule is COc1ccccc1CNC(=O)CCc1ccc2c(c1)CN(C(C)=O)CCO2. The molecule has 0 saturated carbocycles. The predicted molar refractivity (Wildman–Crippen MR) is 106 cm³/mol. The first-order chi connectivity index (χ1) is 13.6. The number of hydrogen-bond donors (Lipinski definition) is 1. The van der Waals surface area contributed by atoms with Gasteiger partial charge in [-0.1, -0.05) is 30.3 Å². The van der Waals surface area contributed by atoms with E-state index >= 15 is 0 Å². The number of hydrogen-bond acceptors (Lipinski definition) is 4. The van der Waals surface area contributed by atoms with E-state index in [1.165, 1.54) is 0 Å². The zero-order valence-corrected chi connectivity index (χ0v) is 16.4. The van der Waals surface area contributed by atoms with Crippen LogP contribution in [0, 0.1) is 0 Å². The van der Waals surface area contributed by atoms with Crippen LogP contribution in [0.5, 0.6) is 11.5 Å². The quantitative estimate of drug-likeness (QED) is 0.834. The highest BCUT2D eigenvalue weighted by Gasteiger charge is 2.17. The normalized spacial score (nSPS) is 13.1. The fourth-order valence-corrected chi connectivity index (χ4v) is 3.26. The summed E-state index contributed by atoms with van der Waals surface area (Å²) < 4.78 is 11.0. The van der Waals surface area contributed by atoms with Gasteiger partial charge in [-0.3, -0.25) is 9.59 Å². The molecule has 0 aromatic heterocycles. The summed E-state index contributed by atoms with van der Waals surface area (Å²) in [6.45, 7) is 3.63. The Morgan fingerprint density at radius 2 is 2.04 bits per heavy atom. The molecule has 1 heterocycles. The van der Waals surface area contributed by atoms with Crippen LogP contribution in [0.15, 0.2) is 42.5 Å². The molecule has 0 atom stereocenters. The van der Waals surface area contributed by atoms with E-state index in [1.807, 2.05) is 42.5 Å². The molecule has 148 valence electrons. The number of rotatable bonds is 6. The van der Waals surface area contributed by atoms with Crippen molar-refractivity contribution in [3.63, 3.8) is 0 Å². The molecule has 0 radical (unpaired) electrons. The molecule has 1 aliphatic heterocycles. The molecule has 0 fully saturated rings. The Hall–Kier alpha value is -3.02. The lowest BCUT2D eigenvalue weighted by molar-refractivity contribution is -0.129. The van der Waals surface area contributed by atoms with Gasteiger partial charge in [0.1, 0.15) is 18.1 Å². The average Bonchev–Trinajstić information content (AvgIpc) is 2.93. The highest BCUT2D eigenvalue weighted by atomic mass is 16.5. The Balaban J connectivity index is 1.56. The Morgan fingerprint density at radius 1 is 1.21 bits per heavy atom. The zero-order valence-electron chi connectivity index (χ0n) is 16.4. The molecule has 2 amide bonds. The summed E-state index contributed by atoms with van der Waals surface area (Å²) in [6, 6.07) is 13.6. The van der Waals surface area contributed by atoms with Gasteiger partial charge in [-0.25, -0.2) is 0 Å². The lowest BCUT2D eigenvalue weighted by atomic mass is 10.0. The van der Waals surface area contributed by atoms with Gasteiger partial charge in [0.05, 0.1) is 13.7 Å². The largest absolute Gasteiger partial charge is 0.496 e. The molecule has 2 aromatic rings. The number of para-hydroxylation sites is 1. The number of benzene rings is 2. The number of ether oxygens (including phenoxy) is 2. The highest BCUT2D eigenvalue weighted by Crippen LogP contribution is 2.25. The summed E-state index contributed by atoms with van der Waals surface area (Å²) in [5, 5.41) is 2.94. The van der Waals surface area contributed by atoms with Crippen LogP contribution in [0.25, 0.3) is 0 Å². The highest BCUT2D eigenvalue weighted by molar-refractivity contribution is 5.76. The first-order valence-corrected chi connectivity index (χ1v) is 9.45. The van der Waals surface area contributed by atoms with Gasteiger partial charge in [0.15, 0.2) is 0 Å². The van der Waals surface area contributed by atoms with Crippen molar-refractivity contribution < 1.29 is 19.1 Å². The van der Waals surface area contributed by atoms with Gasteiger partial charge in [0.2, 0.25) is 11.8 Å². The van der Waals surface area contributed by atoms with Crippen LogP contribution >= 0.6 is 0 Å². The molecule has 1 N–H and O–H groups in total. The molecule has 3 rings (SSSR count). The van der Waals surface area contributed by atoms with Crippen LogP contribution in [0.2, 0.25) is 0 Å². The smallest absolute Gasteiger partial charge is 0.220 e. The van der Waals surface area contributed by atoms with Crippen LogP contribution in [0.1, 0.15) is 30.0 Å². The zero-order chi connectivity index (χ0) is 19.9. The maximum atomic E-state index is 12.2. The first kappa shape index (κ1) is 19.7. The minimum atomic E-state index is -0.0116. The average molecular weight is 382 g/mol. The molecule has 0 aliphatic carbocycles. The Bertz CT molecular complexity index is 850. The molecular weight excluding hydrogens is 356 g/mol. The van der Waals surface area contributed by atoms with Crippen molar-refractivity contribution in [1.29, 1.82) is 0 Å². The molecular formula is C22H26N2O4. The summed E-state index contributed by atoms with van der Waals surface area (Å²) in [5.41, 5.74) is 2.99. The number of nitrogens with one attached hydrogen (secondary N) is 1. The first-order valence-electron chi connectivity index (χ1n) is 9.45. The van der Waals surface area contributed by atoms with E-state index in [0.29, 0.717) is 39.1 Å². The second-order valence-electron chi connectivity index (χ2n) is 6.82. The molecule has 0 spiro atoms. The Morgan fingerprint density at radius 3 is 2.82 bits per heavy atom. The number of nitrogens with zero attached hydrogens (tertiary/aromatic N) is 1. The van der Waals surface area contributed by atoms with Gasteiger partial charge in [0, 0.05) is 37.6 Å². The van der Waals surface area contributed by atoms with Crippen molar-refractivity contribution in [3.8, 4) is 11.5 Å². The molecule has 1 aliphatic rings. The second-order valence-corrected chi connectivity index (χ2v) is 6.82. The standard InChI is InChI=1S/C22H26N2O4/c1-16(25)24-11-12-28-21-9-7-17(13-19(21)15-24)8-10-22(26)23-14-18-5-3-4-6-20(18)27-2/h3-7,9,13H,8,10-12,14-15H2,1-2H3,(H,23,26). The molecule has 6 heteroatoms. The number of amides is 2. The van der Waals surface area contributed by atoms with E-state index < -0.39 is 0 Å². The monoisotopic (exact) mass is 382 g/mol. The van der Waals surface area contributed by atoms with Gasteiger partial charge < -0.3 is 19.7 Å². The summed E-state index contributed by atoms with van der Waals surface area (Å²) in [5.74, 6) is 1.61. The van der Waals surface area contributed by atoms with Gasteiger partial charge >= 0.3 is 0 Å². The number of carbonyl (C=O) groups is 2. The number of fused-ring (bicyclic) bond motifs is 1. The third-order valence-electron chi connectivity index (χ3n) is 4.86. The van der Waals surface area contributed by atoms with Crippen molar-refractivity contribution in [2.24, 2.45) is 0 Å². The van der Waals surface area contributed by atoms with Crippen LogP contribution < -0.4 is 14.8 Å². The van der Waals surface area contributed by atoms with Crippen LogP contribution in [-0.4, -0.2) is 37.0 Å². The summed E-state index contributed by atoms with van der Waals surface area (Å²) in [6.07, 6.45) is 1.02. The van der Waals surface area contributed by atoms with Gasteiger partial charge in [-0.05, 0) is 24.1 Å². The van der Waals surface area contributed by atoms with E-state index in [4.69, 9.17) is 9.47 Å². The molecule has 0 unspecified atom stereocenters. The van der Waals surface area contributed by atoms with E-state index in [1.54, 1.807) is 18.9 Å². The number of carbonyl (C=O) groups excluding carboxylic acids is 2. The van der Waals surface area contributed by atoms with Crippen molar-refractivity contribution in [2.45, 2.75) is 32.9 Å². The van der Waals surface area contributed by atoms with Crippen molar-refractivity contribution >= 4 is 11.8 Å². The maximum absolute atomic E-state index is 12.2. The third-order valence-corrected chi connectivity index (χ3v) is 4.86. The van der Waals surface area contributed by atoms with Crippen LogP contribution in [0.4, 0.5) is 0 Å². The Kier molecular flexibility index (Phi) is 6.53. The minimum Gasteiger partial charge on any atom is -0.496 e. The second kappa shape index (κ2) is 9.26. The van der Waals surface area contributed by atoms with Crippen LogP contribution in [0.3, 0.4) is 0 Å². The third kappa shape index (κ3) is 5.03. The number of aryl methyl sites for hydroxylation is 1. The van der Waals surface area contributed by atoms with Gasteiger partial charge in [0.25, 0.3) is 0 Å². The summed E-state index contributed by atoms with van der Waals surface area (Å²) in [7, 11) is 1.62. The van der Waals surface area contributed by atoms with E-state index in [9.17, 15) is 9.59 Å². The number of methoxy groups -OCH3 is 1. The lowest BCUT2D eigenvalue weighted by Crippen LogP contribution is -2.30. The Labute approximate surface area is 165 Å².